The predicted molar refractivity (Wildman–Crippen MR) is 90.5 cm³/mol. The van der Waals surface area contributed by atoms with Gasteiger partial charge in [0.2, 0.25) is 0 Å². The van der Waals surface area contributed by atoms with Gasteiger partial charge in [0.15, 0.2) is 6.61 Å². The number of carbonyl (C=O) groups is 1. The molecule has 1 amide bonds. The molecule has 1 aromatic carbocycles. The molecule has 0 radical (unpaired) electrons. The molecule has 8 nitrogen and oxygen atoms in total. The first-order valence-corrected chi connectivity index (χ1v) is 8.40. The molecule has 0 saturated carbocycles. The summed E-state index contributed by atoms with van der Waals surface area (Å²) in [6, 6.07) is 5.50. The Morgan fingerprint density at radius 2 is 2.00 bits per heavy atom. The fourth-order valence-corrected chi connectivity index (χ4v) is 2.80. The molecule has 3 rings (SSSR count). The SMILES string of the molecule is COCCn1nc2n(c1=O)CCN(C(=O)COc1ccc(F)cc1)CC2. The second-order valence-electron chi connectivity index (χ2n) is 5.94. The van der Waals surface area contributed by atoms with Crippen LogP contribution in [0.4, 0.5) is 4.39 Å². The molecule has 2 aromatic rings. The van der Waals surface area contributed by atoms with E-state index in [1.165, 1.54) is 28.9 Å². The van der Waals surface area contributed by atoms with Gasteiger partial charge in [0, 0.05) is 33.2 Å². The van der Waals surface area contributed by atoms with Crippen molar-refractivity contribution in [3.05, 3.63) is 46.4 Å². The standard InChI is InChI=1S/C17H21FN4O4/c1-25-11-10-22-17(24)21-9-8-20(7-6-15(21)19-22)16(23)12-26-14-4-2-13(18)3-5-14/h2-5H,6-12H2,1H3. The molecule has 1 aliphatic heterocycles. The fourth-order valence-electron chi connectivity index (χ4n) is 2.80. The van der Waals surface area contributed by atoms with E-state index in [2.05, 4.69) is 5.10 Å². The van der Waals surface area contributed by atoms with Crippen molar-refractivity contribution >= 4 is 5.91 Å². The van der Waals surface area contributed by atoms with Crippen LogP contribution in [0, 0.1) is 5.82 Å². The van der Waals surface area contributed by atoms with Crippen molar-refractivity contribution in [2.24, 2.45) is 0 Å². The van der Waals surface area contributed by atoms with Gasteiger partial charge in [-0.1, -0.05) is 0 Å². The van der Waals surface area contributed by atoms with E-state index in [4.69, 9.17) is 9.47 Å². The lowest BCUT2D eigenvalue weighted by Gasteiger charge is -2.20. The van der Waals surface area contributed by atoms with E-state index in [-0.39, 0.29) is 24.0 Å². The van der Waals surface area contributed by atoms with Crippen LogP contribution in [0.25, 0.3) is 0 Å². The molecule has 0 bridgehead atoms. The molecule has 1 aliphatic rings. The van der Waals surface area contributed by atoms with E-state index in [0.29, 0.717) is 50.8 Å². The average Bonchev–Trinajstić information content (AvgIpc) is 2.81. The van der Waals surface area contributed by atoms with E-state index in [9.17, 15) is 14.0 Å². The number of halogens is 1. The van der Waals surface area contributed by atoms with Gasteiger partial charge in [0.25, 0.3) is 5.91 Å². The van der Waals surface area contributed by atoms with Gasteiger partial charge in [0.1, 0.15) is 17.4 Å². The van der Waals surface area contributed by atoms with Gasteiger partial charge in [-0.15, -0.1) is 0 Å². The van der Waals surface area contributed by atoms with Crippen molar-refractivity contribution < 1.29 is 18.7 Å². The smallest absolute Gasteiger partial charge is 0.346 e. The zero-order chi connectivity index (χ0) is 18.5. The molecular formula is C17H21FN4O4. The van der Waals surface area contributed by atoms with E-state index in [1.54, 1.807) is 16.6 Å². The molecule has 1 aromatic heterocycles. The third-order valence-corrected chi connectivity index (χ3v) is 4.23. The summed E-state index contributed by atoms with van der Waals surface area (Å²) in [5.41, 5.74) is -0.186. The fraction of sp³-hybridized carbons (Fsp3) is 0.471. The minimum Gasteiger partial charge on any atom is -0.484 e. The lowest BCUT2D eigenvalue weighted by Crippen LogP contribution is -2.38. The predicted octanol–water partition coefficient (Wildman–Crippen LogP) is 0.294. The van der Waals surface area contributed by atoms with E-state index < -0.39 is 0 Å². The van der Waals surface area contributed by atoms with Crippen LogP contribution in [0.3, 0.4) is 0 Å². The van der Waals surface area contributed by atoms with Crippen LogP contribution in [-0.2, 0) is 29.0 Å². The quantitative estimate of drug-likeness (QED) is 0.736. The topological polar surface area (TPSA) is 78.6 Å². The van der Waals surface area contributed by atoms with Crippen molar-refractivity contribution in [2.45, 2.75) is 19.5 Å². The van der Waals surface area contributed by atoms with Gasteiger partial charge in [-0.2, -0.15) is 5.10 Å². The summed E-state index contributed by atoms with van der Waals surface area (Å²) < 4.78 is 26.3. The molecule has 9 heteroatoms. The van der Waals surface area contributed by atoms with Crippen molar-refractivity contribution in [3.63, 3.8) is 0 Å². The number of hydrogen-bond donors (Lipinski definition) is 0. The Labute approximate surface area is 149 Å². The first-order chi connectivity index (χ1) is 12.6. The highest BCUT2D eigenvalue weighted by atomic mass is 19.1. The maximum absolute atomic E-state index is 12.9. The first kappa shape index (κ1) is 18.1. The summed E-state index contributed by atoms with van der Waals surface area (Å²) >= 11 is 0. The Balaban J connectivity index is 1.57. The number of rotatable bonds is 6. The third kappa shape index (κ3) is 4.10. The van der Waals surface area contributed by atoms with Crippen molar-refractivity contribution in [3.8, 4) is 5.75 Å². The van der Waals surface area contributed by atoms with Gasteiger partial charge in [-0.3, -0.25) is 9.36 Å². The lowest BCUT2D eigenvalue weighted by molar-refractivity contribution is -0.133. The van der Waals surface area contributed by atoms with Crippen LogP contribution < -0.4 is 10.4 Å². The number of fused-ring (bicyclic) bond motifs is 1. The Kier molecular flexibility index (Phi) is 5.67. The molecule has 0 N–H and O–H groups in total. The van der Waals surface area contributed by atoms with Crippen molar-refractivity contribution in [1.82, 2.24) is 19.2 Å². The highest BCUT2D eigenvalue weighted by molar-refractivity contribution is 5.77. The second-order valence-corrected chi connectivity index (χ2v) is 5.94. The minimum atomic E-state index is -0.359. The summed E-state index contributed by atoms with van der Waals surface area (Å²) in [5.74, 6) is 0.561. The van der Waals surface area contributed by atoms with E-state index in [1.807, 2.05) is 0 Å². The Bertz CT molecular complexity index is 815. The highest BCUT2D eigenvalue weighted by Gasteiger charge is 2.22. The van der Waals surface area contributed by atoms with E-state index in [0.717, 1.165) is 0 Å². The van der Waals surface area contributed by atoms with Crippen molar-refractivity contribution in [1.29, 1.82) is 0 Å². The maximum Gasteiger partial charge on any atom is 0.346 e. The largest absolute Gasteiger partial charge is 0.484 e. The number of methoxy groups -OCH3 is 1. The van der Waals surface area contributed by atoms with Crippen LogP contribution in [0.5, 0.6) is 5.75 Å². The molecule has 0 spiro atoms. The number of amides is 1. The maximum atomic E-state index is 12.9. The molecule has 2 heterocycles. The number of ether oxygens (including phenoxy) is 2. The number of benzene rings is 1. The van der Waals surface area contributed by atoms with Crippen LogP contribution >= 0.6 is 0 Å². The zero-order valence-corrected chi connectivity index (χ0v) is 14.6. The molecule has 0 atom stereocenters. The third-order valence-electron chi connectivity index (χ3n) is 4.23. The summed E-state index contributed by atoms with van der Waals surface area (Å²) in [6.07, 6.45) is 0.498. The number of carbonyl (C=O) groups excluding carboxylic acids is 1. The average molecular weight is 364 g/mol. The molecule has 140 valence electrons. The first-order valence-electron chi connectivity index (χ1n) is 8.40. The van der Waals surface area contributed by atoms with Gasteiger partial charge in [-0.25, -0.2) is 13.9 Å². The van der Waals surface area contributed by atoms with Gasteiger partial charge in [0.05, 0.1) is 13.2 Å². The number of aromatic nitrogens is 3. The number of nitrogens with zero attached hydrogens (tertiary/aromatic N) is 4. The molecule has 0 unspecified atom stereocenters. The van der Waals surface area contributed by atoms with Crippen LogP contribution in [0.15, 0.2) is 29.1 Å². The summed E-state index contributed by atoms with van der Waals surface area (Å²) in [4.78, 5) is 26.3. The zero-order valence-electron chi connectivity index (χ0n) is 14.6. The lowest BCUT2D eigenvalue weighted by atomic mass is 10.3. The number of hydrogen-bond acceptors (Lipinski definition) is 5. The second kappa shape index (κ2) is 8.13. The van der Waals surface area contributed by atoms with Crippen LogP contribution in [0.1, 0.15) is 5.82 Å². The Morgan fingerprint density at radius 3 is 2.73 bits per heavy atom. The Morgan fingerprint density at radius 1 is 1.23 bits per heavy atom. The Hall–Kier alpha value is -2.68. The van der Waals surface area contributed by atoms with Crippen molar-refractivity contribution in [2.75, 3.05) is 33.4 Å². The minimum absolute atomic E-state index is 0.133. The highest BCUT2D eigenvalue weighted by Crippen LogP contribution is 2.12. The summed E-state index contributed by atoms with van der Waals surface area (Å²) in [5, 5.41) is 4.33. The van der Waals surface area contributed by atoms with Gasteiger partial charge in [-0.05, 0) is 24.3 Å². The normalized spacial score (nSPS) is 14.0. The van der Waals surface area contributed by atoms with Gasteiger partial charge < -0.3 is 14.4 Å². The van der Waals surface area contributed by atoms with E-state index >= 15 is 0 Å². The van der Waals surface area contributed by atoms with Crippen LogP contribution in [0.2, 0.25) is 0 Å². The molecule has 26 heavy (non-hydrogen) atoms. The molecule has 0 aliphatic carbocycles. The summed E-state index contributed by atoms with van der Waals surface area (Å²) in [7, 11) is 1.57. The molecule has 0 saturated heterocycles. The van der Waals surface area contributed by atoms with Gasteiger partial charge >= 0.3 is 5.69 Å². The molecular weight excluding hydrogens is 343 g/mol. The van der Waals surface area contributed by atoms with Crippen LogP contribution in [-0.4, -0.2) is 58.6 Å². The molecule has 0 fully saturated rings. The monoisotopic (exact) mass is 364 g/mol. The summed E-state index contributed by atoms with van der Waals surface area (Å²) in [6.45, 7) is 1.96.